The lowest BCUT2D eigenvalue weighted by molar-refractivity contribution is -0.121. The molecule has 0 spiro atoms. The Morgan fingerprint density at radius 2 is 1.92 bits per heavy atom. The summed E-state index contributed by atoms with van der Waals surface area (Å²) in [5, 5.41) is 4.18. The minimum atomic E-state index is -0.0585. The molecule has 0 bridgehead atoms. The molecule has 2 amide bonds. The first-order chi connectivity index (χ1) is 12.6. The van der Waals surface area contributed by atoms with Gasteiger partial charge in [0, 0.05) is 30.1 Å². The number of amides is 2. The number of hydrogen-bond acceptors (Lipinski definition) is 3. The molecule has 5 nitrogen and oxygen atoms in total. The summed E-state index contributed by atoms with van der Waals surface area (Å²) in [7, 11) is 0. The molecule has 5 heteroatoms. The van der Waals surface area contributed by atoms with Crippen LogP contribution in [-0.2, 0) is 11.2 Å². The Morgan fingerprint density at radius 3 is 2.69 bits per heavy atom. The van der Waals surface area contributed by atoms with Gasteiger partial charge < -0.3 is 4.90 Å². The third kappa shape index (κ3) is 3.01. The van der Waals surface area contributed by atoms with Gasteiger partial charge in [0.25, 0.3) is 5.91 Å². The van der Waals surface area contributed by atoms with E-state index in [9.17, 15) is 9.59 Å². The number of carbonyl (C=O) groups excluding carboxylic acids is 2. The van der Waals surface area contributed by atoms with E-state index >= 15 is 0 Å². The van der Waals surface area contributed by atoms with Crippen molar-refractivity contribution in [3.05, 3.63) is 65.2 Å². The number of nitrogens with one attached hydrogen (secondary N) is 1. The Morgan fingerprint density at radius 1 is 1.15 bits per heavy atom. The van der Waals surface area contributed by atoms with Crippen molar-refractivity contribution in [1.29, 1.82) is 0 Å². The third-order valence-electron chi connectivity index (χ3n) is 5.04. The fourth-order valence-corrected chi connectivity index (χ4v) is 3.69. The summed E-state index contributed by atoms with van der Waals surface area (Å²) in [6, 6.07) is 15.6. The molecule has 0 radical (unpaired) electrons. The average molecular weight is 347 g/mol. The molecule has 2 aliphatic rings. The molecule has 0 saturated heterocycles. The maximum absolute atomic E-state index is 13.0. The summed E-state index contributed by atoms with van der Waals surface area (Å²) in [5.41, 5.74) is 7.23. The van der Waals surface area contributed by atoms with Crippen LogP contribution >= 0.6 is 0 Å². The van der Waals surface area contributed by atoms with Gasteiger partial charge in [-0.15, -0.1) is 0 Å². The number of fused-ring (bicyclic) bond motifs is 1. The fraction of sp³-hybridized carbons (Fsp3) is 0.286. The number of rotatable bonds is 2. The van der Waals surface area contributed by atoms with Gasteiger partial charge in [0.1, 0.15) is 0 Å². The van der Waals surface area contributed by atoms with Gasteiger partial charge in [-0.25, -0.2) is 5.43 Å². The number of para-hydroxylation sites is 1. The van der Waals surface area contributed by atoms with E-state index in [2.05, 4.69) is 16.6 Å². The second kappa shape index (κ2) is 6.75. The number of hydrogen-bond donors (Lipinski definition) is 1. The lowest BCUT2D eigenvalue weighted by atomic mass is 9.93. The lowest BCUT2D eigenvalue weighted by Gasteiger charge is -2.29. The van der Waals surface area contributed by atoms with E-state index in [0.29, 0.717) is 12.0 Å². The van der Waals surface area contributed by atoms with Crippen LogP contribution in [0.25, 0.3) is 0 Å². The third-order valence-corrected chi connectivity index (χ3v) is 5.04. The van der Waals surface area contributed by atoms with Gasteiger partial charge in [-0.1, -0.05) is 37.3 Å². The number of aryl methyl sites for hydroxylation is 1. The highest BCUT2D eigenvalue weighted by atomic mass is 16.2. The molecular weight excluding hydrogens is 326 g/mol. The SMILES string of the molecule is CC1CC(=O)NN=C1c1ccc(C(=O)N2CCCc3ccccc32)cc1. The van der Waals surface area contributed by atoms with Crippen LogP contribution in [0.15, 0.2) is 53.6 Å². The Kier molecular flexibility index (Phi) is 4.29. The second-order valence-corrected chi connectivity index (χ2v) is 6.90. The van der Waals surface area contributed by atoms with Crippen molar-refractivity contribution < 1.29 is 9.59 Å². The largest absolute Gasteiger partial charge is 0.308 e. The monoisotopic (exact) mass is 347 g/mol. The lowest BCUT2D eigenvalue weighted by Crippen LogP contribution is -2.35. The summed E-state index contributed by atoms with van der Waals surface area (Å²) in [4.78, 5) is 26.3. The first-order valence-corrected chi connectivity index (χ1v) is 9.00. The van der Waals surface area contributed by atoms with E-state index < -0.39 is 0 Å². The number of benzene rings is 2. The van der Waals surface area contributed by atoms with Crippen molar-refractivity contribution in [3.63, 3.8) is 0 Å². The van der Waals surface area contributed by atoms with Crippen LogP contribution in [0.3, 0.4) is 0 Å². The molecule has 0 aromatic heterocycles. The molecule has 1 unspecified atom stereocenters. The number of anilines is 1. The highest BCUT2D eigenvalue weighted by molar-refractivity contribution is 6.09. The normalized spacial score (nSPS) is 19.4. The van der Waals surface area contributed by atoms with E-state index in [-0.39, 0.29) is 17.7 Å². The van der Waals surface area contributed by atoms with E-state index in [1.165, 1.54) is 5.56 Å². The smallest absolute Gasteiger partial charge is 0.258 e. The zero-order valence-corrected chi connectivity index (χ0v) is 14.7. The van der Waals surface area contributed by atoms with Crippen molar-refractivity contribution in [2.75, 3.05) is 11.4 Å². The molecule has 2 aliphatic heterocycles. The minimum absolute atomic E-state index is 0.0237. The van der Waals surface area contributed by atoms with Gasteiger partial charge in [0.2, 0.25) is 5.91 Å². The molecule has 0 fully saturated rings. The second-order valence-electron chi connectivity index (χ2n) is 6.90. The Balaban J connectivity index is 1.58. The molecule has 0 saturated carbocycles. The summed E-state index contributed by atoms with van der Waals surface area (Å²) in [5.74, 6) is 0.0340. The van der Waals surface area contributed by atoms with E-state index in [4.69, 9.17) is 0 Å². The predicted molar refractivity (Wildman–Crippen MR) is 101 cm³/mol. The number of nitrogens with zero attached hydrogens (tertiary/aromatic N) is 2. The van der Waals surface area contributed by atoms with Crippen molar-refractivity contribution >= 4 is 23.2 Å². The predicted octanol–water partition coefficient (Wildman–Crippen LogP) is 3.14. The van der Waals surface area contributed by atoms with Gasteiger partial charge in [-0.3, -0.25) is 9.59 Å². The number of carbonyl (C=O) groups is 2. The van der Waals surface area contributed by atoms with Gasteiger partial charge in [0.15, 0.2) is 0 Å². The van der Waals surface area contributed by atoms with Crippen LogP contribution in [0.4, 0.5) is 5.69 Å². The highest BCUT2D eigenvalue weighted by Gasteiger charge is 2.24. The zero-order chi connectivity index (χ0) is 18.1. The van der Waals surface area contributed by atoms with Crippen molar-refractivity contribution in [1.82, 2.24) is 5.43 Å². The van der Waals surface area contributed by atoms with Crippen molar-refractivity contribution in [2.45, 2.75) is 26.2 Å². The minimum Gasteiger partial charge on any atom is -0.308 e. The van der Waals surface area contributed by atoms with Gasteiger partial charge in [-0.05, 0) is 42.2 Å². The maximum Gasteiger partial charge on any atom is 0.258 e. The zero-order valence-electron chi connectivity index (χ0n) is 14.7. The molecule has 1 atom stereocenters. The fourth-order valence-electron chi connectivity index (χ4n) is 3.69. The van der Waals surface area contributed by atoms with Crippen LogP contribution in [0, 0.1) is 5.92 Å². The van der Waals surface area contributed by atoms with Crippen LogP contribution in [0.5, 0.6) is 0 Å². The van der Waals surface area contributed by atoms with Crippen LogP contribution < -0.4 is 10.3 Å². The molecule has 26 heavy (non-hydrogen) atoms. The Labute approximate surface area is 152 Å². The van der Waals surface area contributed by atoms with Crippen molar-refractivity contribution in [3.8, 4) is 0 Å². The van der Waals surface area contributed by atoms with Gasteiger partial charge >= 0.3 is 0 Å². The van der Waals surface area contributed by atoms with E-state index in [1.54, 1.807) is 0 Å². The first-order valence-electron chi connectivity index (χ1n) is 9.00. The topological polar surface area (TPSA) is 61.8 Å². The molecule has 2 aromatic carbocycles. The molecular formula is C21H21N3O2. The van der Waals surface area contributed by atoms with E-state index in [0.717, 1.165) is 36.3 Å². The highest BCUT2D eigenvalue weighted by Crippen LogP contribution is 2.28. The standard InChI is InChI=1S/C21H21N3O2/c1-14-13-19(25)22-23-20(14)16-8-10-17(11-9-16)21(26)24-12-4-6-15-5-2-3-7-18(15)24/h2-3,5,7-11,14H,4,6,12-13H2,1H3,(H,22,25). The first kappa shape index (κ1) is 16.5. The summed E-state index contributed by atoms with van der Waals surface area (Å²) in [6.07, 6.45) is 2.43. The summed E-state index contributed by atoms with van der Waals surface area (Å²) >= 11 is 0. The van der Waals surface area contributed by atoms with Gasteiger partial charge in [-0.2, -0.15) is 5.10 Å². The Hall–Kier alpha value is -2.95. The van der Waals surface area contributed by atoms with Gasteiger partial charge in [0.05, 0.1) is 5.71 Å². The van der Waals surface area contributed by atoms with Crippen LogP contribution in [0.1, 0.15) is 41.3 Å². The van der Waals surface area contributed by atoms with Crippen molar-refractivity contribution in [2.24, 2.45) is 11.0 Å². The molecule has 4 rings (SSSR count). The quantitative estimate of drug-likeness (QED) is 0.907. The maximum atomic E-state index is 13.0. The summed E-state index contributed by atoms with van der Waals surface area (Å²) < 4.78 is 0. The average Bonchev–Trinajstić information content (AvgIpc) is 2.67. The van der Waals surface area contributed by atoms with Crippen LogP contribution in [-0.4, -0.2) is 24.1 Å². The van der Waals surface area contributed by atoms with Crippen LogP contribution in [0.2, 0.25) is 0 Å². The molecule has 132 valence electrons. The number of hydrazone groups is 1. The molecule has 1 N–H and O–H groups in total. The Bertz CT molecular complexity index is 886. The van der Waals surface area contributed by atoms with E-state index in [1.807, 2.05) is 54.3 Å². The molecule has 2 aromatic rings. The summed E-state index contributed by atoms with van der Waals surface area (Å²) in [6.45, 7) is 2.73. The molecule has 0 aliphatic carbocycles. The molecule has 2 heterocycles.